The van der Waals surface area contributed by atoms with Gasteiger partial charge in [0.05, 0.1) is 18.7 Å². The molecule has 0 unspecified atom stereocenters. The van der Waals surface area contributed by atoms with Crippen molar-refractivity contribution in [3.8, 4) is 6.07 Å². The van der Waals surface area contributed by atoms with Crippen LogP contribution in [0, 0.1) is 11.3 Å². The molecule has 102 valence electrons. The van der Waals surface area contributed by atoms with E-state index in [4.69, 9.17) is 10.4 Å². The van der Waals surface area contributed by atoms with Gasteiger partial charge in [-0.05, 0) is 34.1 Å². The molecule has 1 aromatic rings. The number of anilines is 1. The molecule has 0 bridgehead atoms. The Labute approximate surface area is 123 Å². The summed E-state index contributed by atoms with van der Waals surface area (Å²) in [4.78, 5) is 24.4. The predicted molar refractivity (Wildman–Crippen MR) is 74.4 cm³/mol. The lowest BCUT2D eigenvalue weighted by atomic mass is 10.2. The van der Waals surface area contributed by atoms with Crippen molar-refractivity contribution in [2.75, 3.05) is 18.5 Å². The van der Waals surface area contributed by atoms with Gasteiger partial charge in [0.2, 0.25) is 0 Å². The first-order valence-corrected chi connectivity index (χ1v) is 6.51. The molecule has 2 rings (SSSR count). The van der Waals surface area contributed by atoms with Gasteiger partial charge in [0.25, 0.3) is 11.8 Å². The highest BCUT2D eigenvalue weighted by Crippen LogP contribution is 2.22. The van der Waals surface area contributed by atoms with Crippen LogP contribution < -0.4 is 5.32 Å². The molecule has 1 aromatic carbocycles. The van der Waals surface area contributed by atoms with Gasteiger partial charge in [0.15, 0.2) is 0 Å². The molecule has 0 radical (unpaired) electrons. The summed E-state index contributed by atoms with van der Waals surface area (Å²) in [5.74, 6) is -0.963. The summed E-state index contributed by atoms with van der Waals surface area (Å²) in [5, 5.41) is 20.5. The number of β-amino-alcohol motifs (C(OH)–C–C–N with tert-alkyl or cyclic N) is 1. The van der Waals surface area contributed by atoms with E-state index >= 15 is 0 Å². The first-order chi connectivity index (χ1) is 9.56. The number of hydrogen-bond donors (Lipinski definition) is 2. The number of rotatable bonds is 4. The van der Waals surface area contributed by atoms with Crippen LogP contribution in [0.3, 0.4) is 0 Å². The fourth-order valence-electron chi connectivity index (χ4n) is 1.75. The van der Waals surface area contributed by atoms with Crippen LogP contribution >= 0.6 is 15.9 Å². The van der Waals surface area contributed by atoms with Gasteiger partial charge < -0.3 is 10.4 Å². The van der Waals surface area contributed by atoms with E-state index in [1.54, 1.807) is 18.2 Å². The van der Waals surface area contributed by atoms with Gasteiger partial charge in [-0.25, -0.2) is 0 Å². The van der Waals surface area contributed by atoms with E-state index < -0.39 is 11.8 Å². The summed E-state index contributed by atoms with van der Waals surface area (Å²) in [6, 6.07) is 6.93. The van der Waals surface area contributed by atoms with Gasteiger partial charge in [-0.1, -0.05) is 0 Å². The molecule has 20 heavy (non-hydrogen) atoms. The smallest absolute Gasteiger partial charge is 0.277 e. The molecule has 7 heteroatoms. The Kier molecular flexibility index (Phi) is 4.17. The van der Waals surface area contributed by atoms with Crippen molar-refractivity contribution in [3.63, 3.8) is 0 Å². The average Bonchev–Trinajstić information content (AvgIpc) is 2.69. The quantitative estimate of drug-likeness (QED) is 0.800. The van der Waals surface area contributed by atoms with E-state index in [9.17, 15) is 9.59 Å². The Bertz CT molecular complexity index is 649. The van der Waals surface area contributed by atoms with E-state index in [1.165, 1.54) is 6.08 Å². The number of amides is 2. The molecule has 0 fully saturated rings. The molecule has 2 N–H and O–H groups in total. The maximum atomic E-state index is 11.9. The van der Waals surface area contributed by atoms with E-state index in [0.29, 0.717) is 15.7 Å². The van der Waals surface area contributed by atoms with Crippen molar-refractivity contribution in [3.05, 3.63) is 40.0 Å². The molecule has 2 amide bonds. The lowest BCUT2D eigenvalue weighted by Gasteiger charge is -2.13. The van der Waals surface area contributed by atoms with Crippen LogP contribution in [0.2, 0.25) is 0 Å². The summed E-state index contributed by atoms with van der Waals surface area (Å²) in [6.07, 6.45) is 1.17. The van der Waals surface area contributed by atoms with Crippen molar-refractivity contribution in [2.45, 2.75) is 0 Å². The first kappa shape index (κ1) is 14.2. The highest BCUT2D eigenvalue weighted by atomic mass is 79.9. The standard InChI is InChI=1S/C13H10BrN3O3/c14-10-2-1-9(5-8(10)7-15)16-11-6-12(19)17(3-4-18)13(11)20/h1-2,5-6,16,18H,3-4H2. The number of carbonyl (C=O) groups is 2. The third-order valence-corrected chi connectivity index (χ3v) is 3.39. The highest BCUT2D eigenvalue weighted by Gasteiger charge is 2.30. The van der Waals surface area contributed by atoms with Crippen LogP contribution in [-0.2, 0) is 9.59 Å². The molecule has 0 aromatic heterocycles. The van der Waals surface area contributed by atoms with Crippen LogP contribution in [-0.4, -0.2) is 35.0 Å². The lowest BCUT2D eigenvalue weighted by molar-refractivity contribution is -0.137. The van der Waals surface area contributed by atoms with Crippen molar-refractivity contribution >= 4 is 33.4 Å². The summed E-state index contributed by atoms with van der Waals surface area (Å²) < 4.78 is 0.648. The molecule has 1 heterocycles. The molecule has 6 nitrogen and oxygen atoms in total. The number of halogens is 1. The second-order valence-corrected chi connectivity index (χ2v) is 4.86. The minimum absolute atomic E-state index is 0.0386. The highest BCUT2D eigenvalue weighted by molar-refractivity contribution is 9.10. The minimum Gasteiger partial charge on any atom is -0.395 e. The topological polar surface area (TPSA) is 93.4 Å². The van der Waals surface area contributed by atoms with Crippen LogP contribution in [0.15, 0.2) is 34.4 Å². The largest absolute Gasteiger partial charge is 0.395 e. The van der Waals surface area contributed by atoms with Gasteiger partial charge in [0, 0.05) is 16.2 Å². The summed E-state index contributed by atoms with van der Waals surface area (Å²) in [6.45, 7) is -0.321. The molecule has 0 saturated carbocycles. The lowest BCUT2D eigenvalue weighted by Crippen LogP contribution is -2.34. The van der Waals surface area contributed by atoms with E-state index in [0.717, 1.165) is 4.90 Å². The fraction of sp³-hybridized carbons (Fsp3) is 0.154. The Morgan fingerprint density at radius 1 is 1.40 bits per heavy atom. The van der Waals surface area contributed by atoms with Crippen LogP contribution in [0.5, 0.6) is 0 Å². The number of nitrogens with one attached hydrogen (secondary N) is 1. The molecule has 0 atom stereocenters. The summed E-state index contributed by atoms with van der Waals surface area (Å²) >= 11 is 3.23. The molecule has 0 aliphatic carbocycles. The summed E-state index contributed by atoms with van der Waals surface area (Å²) in [7, 11) is 0. The second kappa shape index (κ2) is 5.86. The molecular weight excluding hydrogens is 326 g/mol. The minimum atomic E-state index is -0.495. The first-order valence-electron chi connectivity index (χ1n) is 5.72. The number of aliphatic hydroxyl groups excluding tert-OH is 1. The van der Waals surface area contributed by atoms with Gasteiger partial charge in [-0.3, -0.25) is 14.5 Å². The summed E-state index contributed by atoms with van der Waals surface area (Å²) in [5.41, 5.74) is 1.07. The average molecular weight is 336 g/mol. The zero-order valence-corrected chi connectivity index (χ0v) is 11.8. The fourth-order valence-corrected chi connectivity index (χ4v) is 2.09. The van der Waals surface area contributed by atoms with Crippen LogP contribution in [0.4, 0.5) is 5.69 Å². The number of nitriles is 1. The van der Waals surface area contributed by atoms with Gasteiger partial charge in [-0.15, -0.1) is 0 Å². The molecule has 0 saturated heterocycles. The Morgan fingerprint density at radius 2 is 2.15 bits per heavy atom. The Hall–Kier alpha value is -2.17. The third kappa shape index (κ3) is 2.71. The van der Waals surface area contributed by atoms with E-state index in [2.05, 4.69) is 21.2 Å². The number of carbonyl (C=O) groups excluding carboxylic acids is 2. The molecule has 1 aliphatic heterocycles. The number of benzene rings is 1. The monoisotopic (exact) mass is 335 g/mol. The second-order valence-electron chi connectivity index (χ2n) is 4.01. The number of imide groups is 1. The van der Waals surface area contributed by atoms with Crippen molar-refractivity contribution in [2.24, 2.45) is 0 Å². The third-order valence-electron chi connectivity index (χ3n) is 2.70. The predicted octanol–water partition coefficient (Wildman–Crippen LogP) is 0.978. The zero-order chi connectivity index (χ0) is 14.7. The van der Waals surface area contributed by atoms with E-state index in [1.807, 2.05) is 6.07 Å². The van der Waals surface area contributed by atoms with Crippen molar-refractivity contribution in [1.29, 1.82) is 5.26 Å². The van der Waals surface area contributed by atoms with Crippen LogP contribution in [0.25, 0.3) is 0 Å². The van der Waals surface area contributed by atoms with E-state index in [-0.39, 0.29) is 18.8 Å². The van der Waals surface area contributed by atoms with Gasteiger partial charge in [-0.2, -0.15) is 5.26 Å². The van der Waals surface area contributed by atoms with Crippen molar-refractivity contribution in [1.82, 2.24) is 4.90 Å². The zero-order valence-electron chi connectivity index (χ0n) is 10.3. The SMILES string of the molecule is N#Cc1cc(NC2=CC(=O)N(CCO)C2=O)ccc1Br. The Balaban J connectivity index is 2.19. The maximum absolute atomic E-state index is 11.9. The van der Waals surface area contributed by atoms with Gasteiger partial charge in [0.1, 0.15) is 11.8 Å². The van der Waals surface area contributed by atoms with Gasteiger partial charge >= 0.3 is 0 Å². The normalized spacial score (nSPS) is 14.2. The van der Waals surface area contributed by atoms with Crippen molar-refractivity contribution < 1.29 is 14.7 Å². The number of hydrogen-bond acceptors (Lipinski definition) is 5. The number of nitrogens with zero attached hydrogens (tertiary/aromatic N) is 2. The van der Waals surface area contributed by atoms with Crippen LogP contribution in [0.1, 0.15) is 5.56 Å². The molecule has 0 spiro atoms. The molecule has 1 aliphatic rings. The number of aliphatic hydroxyl groups is 1. The maximum Gasteiger partial charge on any atom is 0.277 e. The molecular formula is C13H10BrN3O3. The Morgan fingerprint density at radius 3 is 2.80 bits per heavy atom.